The number of aliphatic hydroxyl groups excluding tert-OH is 1. The molecule has 0 saturated carbocycles. The van der Waals surface area contributed by atoms with Crippen LogP contribution in [-0.2, 0) is 21.5 Å². The van der Waals surface area contributed by atoms with Crippen molar-refractivity contribution in [2.75, 3.05) is 14.2 Å². The number of ether oxygens (including phenoxy) is 2. The maximum Gasteiger partial charge on any atom is 0.295 e. The average molecular weight is 487 g/mol. The van der Waals surface area contributed by atoms with Crippen LogP contribution in [0.15, 0.2) is 72.6 Å². The molecule has 1 fully saturated rings. The minimum absolute atomic E-state index is 0.0334. The van der Waals surface area contributed by atoms with Gasteiger partial charge in [0.05, 0.1) is 32.4 Å². The number of ketones is 1. The van der Waals surface area contributed by atoms with Gasteiger partial charge >= 0.3 is 0 Å². The summed E-state index contributed by atoms with van der Waals surface area (Å²) in [5, 5.41) is 11.5. The Labute approximate surface area is 211 Å². The third kappa shape index (κ3) is 4.56. The third-order valence-electron chi connectivity index (χ3n) is 6.38. The zero-order chi connectivity index (χ0) is 26.0. The lowest BCUT2D eigenvalue weighted by molar-refractivity contribution is -0.140. The van der Waals surface area contributed by atoms with Gasteiger partial charge < -0.3 is 19.5 Å². The summed E-state index contributed by atoms with van der Waals surface area (Å²) in [4.78, 5) is 32.2. The van der Waals surface area contributed by atoms with Crippen molar-refractivity contribution in [1.82, 2.24) is 9.88 Å². The molecule has 7 heteroatoms. The lowest BCUT2D eigenvalue weighted by Crippen LogP contribution is -2.29. The van der Waals surface area contributed by atoms with E-state index in [1.807, 2.05) is 45.0 Å². The number of rotatable bonds is 6. The van der Waals surface area contributed by atoms with Crippen LogP contribution in [0.1, 0.15) is 49.1 Å². The highest BCUT2D eigenvalue weighted by atomic mass is 16.5. The summed E-state index contributed by atoms with van der Waals surface area (Å²) >= 11 is 0. The van der Waals surface area contributed by atoms with E-state index in [1.165, 1.54) is 4.90 Å². The van der Waals surface area contributed by atoms with Crippen molar-refractivity contribution in [3.05, 3.63) is 94.8 Å². The van der Waals surface area contributed by atoms with Crippen molar-refractivity contribution in [1.29, 1.82) is 0 Å². The molecule has 1 saturated heterocycles. The number of pyridine rings is 1. The number of Topliss-reactive ketones (excluding diaryl/α,β-unsaturated/α-hetero) is 1. The van der Waals surface area contributed by atoms with Gasteiger partial charge in [-0.2, -0.15) is 0 Å². The Morgan fingerprint density at radius 2 is 1.64 bits per heavy atom. The van der Waals surface area contributed by atoms with Crippen LogP contribution < -0.4 is 9.47 Å². The van der Waals surface area contributed by atoms with Crippen molar-refractivity contribution in [2.24, 2.45) is 0 Å². The third-order valence-corrected chi connectivity index (χ3v) is 6.38. The predicted molar refractivity (Wildman–Crippen MR) is 137 cm³/mol. The van der Waals surface area contributed by atoms with Gasteiger partial charge in [0.1, 0.15) is 17.3 Å². The molecular weight excluding hydrogens is 456 g/mol. The number of amides is 1. The van der Waals surface area contributed by atoms with E-state index in [0.717, 1.165) is 11.1 Å². The molecule has 0 bridgehead atoms. The van der Waals surface area contributed by atoms with Crippen molar-refractivity contribution in [3.8, 4) is 11.5 Å². The van der Waals surface area contributed by atoms with Crippen molar-refractivity contribution in [3.63, 3.8) is 0 Å². The molecular formula is C29H30N2O5. The smallest absolute Gasteiger partial charge is 0.295 e. The van der Waals surface area contributed by atoms with E-state index in [-0.39, 0.29) is 23.3 Å². The molecule has 1 aromatic heterocycles. The Morgan fingerprint density at radius 3 is 2.28 bits per heavy atom. The van der Waals surface area contributed by atoms with Gasteiger partial charge in [-0.05, 0) is 47.4 Å². The first-order valence-corrected chi connectivity index (χ1v) is 11.7. The molecule has 0 radical (unpaired) electrons. The fraction of sp³-hybridized carbons (Fsp3) is 0.276. The summed E-state index contributed by atoms with van der Waals surface area (Å²) in [7, 11) is 3.15. The van der Waals surface area contributed by atoms with Gasteiger partial charge in [-0.1, -0.05) is 39.0 Å². The highest BCUT2D eigenvalue weighted by Crippen LogP contribution is 2.42. The van der Waals surface area contributed by atoms with Crippen LogP contribution in [-0.4, -0.2) is 40.9 Å². The van der Waals surface area contributed by atoms with E-state index in [4.69, 9.17) is 9.47 Å². The molecule has 4 rings (SSSR count). The fourth-order valence-electron chi connectivity index (χ4n) is 4.55. The molecule has 1 aliphatic heterocycles. The van der Waals surface area contributed by atoms with Gasteiger partial charge in [-0.3, -0.25) is 14.6 Å². The summed E-state index contributed by atoms with van der Waals surface area (Å²) in [5.74, 6) is -0.365. The molecule has 2 heterocycles. The van der Waals surface area contributed by atoms with E-state index < -0.39 is 17.7 Å². The number of aliphatic hydroxyl groups is 1. The largest absolute Gasteiger partial charge is 0.507 e. The Balaban J connectivity index is 1.89. The summed E-state index contributed by atoms with van der Waals surface area (Å²) in [6.07, 6.45) is 3.20. The Morgan fingerprint density at radius 1 is 0.972 bits per heavy atom. The van der Waals surface area contributed by atoms with Crippen LogP contribution >= 0.6 is 0 Å². The second-order valence-corrected chi connectivity index (χ2v) is 9.68. The zero-order valence-corrected chi connectivity index (χ0v) is 21.1. The number of para-hydroxylation sites is 1. The zero-order valence-electron chi connectivity index (χ0n) is 21.1. The SMILES string of the molecule is COc1ccccc1CN1C(=O)C(=O)/C(=C(\O)c2ccc(OC)c(C(C)(C)C)c2)C1c1ccncc1. The first kappa shape index (κ1) is 25.0. The lowest BCUT2D eigenvalue weighted by Gasteiger charge is -2.26. The highest BCUT2D eigenvalue weighted by molar-refractivity contribution is 6.46. The molecule has 36 heavy (non-hydrogen) atoms. The van der Waals surface area contributed by atoms with Crippen molar-refractivity contribution >= 4 is 17.4 Å². The van der Waals surface area contributed by atoms with Gasteiger partial charge in [-0.25, -0.2) is 0 Å². The number of methoxy groups -OCH3 is 2. The summed E-state index contributed by atoms with van der Waals surface area (Å²) in [6, 6.07) is 15.3. The maximum absolute atomic E-state index is 13.4. The van der Waals surface area contributed by atoms with Crippen LogP contribution in [0.4, 0.5) is 0 Å². The van der Waals surface area contributed by atoms with E-state index in [0.29, 0.717) is 22.6 Å². The molecule has 0 aliphatic carbocycles. The second-order valence-electron chi connectivity index (χ2n) is 9.68. The number of aromatic nitrogens is 1. The van der Waals surface area contributed by atoms with Crippen LogP contribution in [0.25, 0.3) is 5.76 Å². The molecule has 7 nitrogen and oxygen atoms in total. The minimum Gasteiger partial charge on any atom is -0.507 e. The number of hydrogen-bond acceptors (Lipinski definition) is 6. The molecule has 186 valence electrons. The molecule has 1 aliphatic rings. The number of nitrogens with zero attached hydrogens (tertiary/aromatic N) is 2. The van der Waals surface area contributed by atoms with Crippen molar-refractivity contribution < 1.29 is 24.2 Å². The topological polar surface area (TPSA) is 89.0 Å². The highest BCUT2D eigenvalue weighted by Gasteiger charge is 2.46. The fourth-order valence-corrected chi connectivity index (χ4v) is 4.55. The Bertz CT molecular complexity index is 1320. The molecule has 1 unspecified atom stereocenters. The molecule has 1 N–H and O–H groups in total. The van der Waals surface area contributed by atoms with Gasteiger partial charge in [0, 0.05) is 29.1 Å². The minimum atomic E-state index is -0.793. The number of likely N-dealkylation sites (tertiary alicyclic amines) is 1. The second kappa shape index (κ2) is 9.85. The summed E-state index contributed by atoms with van der Waals surface area (Å²) in [6.45, 7) is 6.25. The van der Waals surface area contributed by atoms with Crippen LogP contribution in [0.2, 0.25) is 0 Å². The molecule has 0 spiro atoms. The number of carbonyl (C=O) groups is 2. The maximum atomic E-state index is 13.4. The van der Waals surface area contributed by atoms with Gasteiger partial charge in [-0.15, -0.1) is 0 Å². The average Bonchev–Trinajstić information content (AvgIpc) is 3.13. The van der Waals surface area contributed by atoms with E-state index in [1.54, 1.807) is 56.9 Å². The first-order chi connectivity index (χ1) is 17.2. The van der Waals surface area contributed by atoms with E-state index in [9.17, 15) is 14.7 Å². The van der Waals surface area contributed by atoms with Crippen LogP contribution in [0.3, 0.4) is 0 Å². The van der Waals surface area contributed by atoms with Crippen molar-refractivity contribution in [2.45, 2.75) is 38.8 Å². The summed E-state index contributed by atoms with van der Waals surface area (Å²) < 4.78 is 11.0. The van der Waals surface area contributed by atoms with Gasteiger partial charge in [0.2, 0.25) is 0 Å². The number of benzene rings is 2. The van der Waals surface area contributed by atoms with Crippen LogP contribution in [0.5, 0.6) is 11.5 Å². The normalized spacial score (nSPS) is 17.4. The first-order valence-electron chi connectivity index (χ1n) is 11.7. The van der Waals surface area contributed by atoms with Gasteiger partial charge in [0.15, 0.2) is 0 Å². The predicted octanol–water partition coefficient (Wildman–Crippen LogP) is 5.02. The Hall–Kier alpha value is -4.13. The quantitative estimate of drug-likeness (QED) is 0.299. The van der Waals surface area contributed by atoms with E-state index in [2.05, 4.69) is 4.98 Å². The molecule has 1 atom stereocenters. The molecule has 1 amide bonds. The number of hydrogen-bond donors (Lipinski definition) is 1. The summed E-state index contributed by atoms with van der Waals surface area (Å²) in [5.41, 5.74) is 2.49. The number of carbonyl (C=O) groups excluding carboxylic acids is 2. The Kier molecular flexibility index (Phi) is 6.84. The standard InChI is InChI=1S/C29H30N2O5/c1-29(2,3)21-16-19(10-11-23(21)36-5)26(32)24-25(18-12-14-30-15-13-18)31(28(34)27(24)33)17-20-8-6-7-9-22(20)35-4/h6-16,25,32H,17H2,1-5H3/b26-24-. The monoisotopic (exact) mass is 486 g/mol. The van der Waals surface area contributed by atoms with Gasteiger partial charge in [0.25, 0.3) is 11.7 Å². The molecule has 2 aromatic carbocycles. The van der Waals surface area contributed by atoms with Crippen LogP contribution in [0, 0.1) is 0 Å². The molecule has 3 aromatic rings. The van der Waals surface area contributed by atoms with E-state index >= 15 is 0 Å². The lowest BCUT2D eigenvalue weighted by atomic mass is 9.84.